The summed E-state index contributed by atoms with van der Waals surface area (Å²) >= 11 is 0. The number of aryl methyl sites for hydroxylation is 1. The molecule has 5 heteroatoms. The van der Waals surface area contributed by atoms with Gasteiger partial charge in [-0.1, -0.05) is 18.2 Å². The number of hydrogen-bond acceptors (Lipinski definition) is 2. The van der Waals surface area contributed by atoms with Gasteiger partial charge >= 0.3 is 7.82 Å². The molecule has 4 nitrogen and oxygen atoms in total. The van der Waals surface area contributed by atoms with Gasteiger partial charge in [0.05, 0.1) is 0 Å². The first-order valence-electron chi connectivity index (χ1n) is 3.30. The van der Waals surface area contributed by atoms with E-state index in [1.807, 2.05) is 0 Å². The standard InChI is InChI=1S/C7H9O4P/c1-6-4-2-3-5-7(6)11-12(8,9)10/h2-5H,1H3,(H2,8,9,10). The van der Waals surface area contributed by atoms with Crippen LogP contribution in [0.25, 0.3) is 0 Å². The molecule has 0 radical (unpaired) electrons. The van der Waals surface area contributed by atoms with Crippen LogP contribution < -0.4 is 4.52 Å². The van der Waals surface area contributed by atoms with Crippen LogP contribution in [0.4, 0.5) is 0 Å². The van der Waals surface area contributed by atoms with Crippen LogP contribution in [0.2, 0.25) is 0 Å². The molecule has 2 N–H and O–H groups in total. The molecule has 1 aromatic rings. The van der Waals surface area contributed by atoms with Crippen LogP contribution in [0.15, 0.2) is 24.3 Å². The first kappa shape index (κ1) is 9.26. The molecule has 66 valence electrons. The van der Waals surface area contributed by atoms with Gasteiger partial charge in [0.15, 0.2) is 0 Å². The zero-order chi connectivity index (χ0) is 9.19. The van der Waals surface area contributed by atoms with Gasteiger partial charge < -0.3 is 4.52 Å². The molecule has 1 rings (SSSR count). The summed E-state index contributed by atoms with van der Waals surface area (Å²) in [5.74, 6) is 0.214. The van der Waals surface area contributed by atoms with E-state index in [1.54, 1.807) is 25.1 Å². The molecule has 0 fully saturated rings. The number of phosphoric acid groups is 1. The summed E-state index contributed by atoms with van der Waals surface area (Å²) in [7, 11) is -4.41. The molecule has 0 heterocycles. The van der Waals surface area contributed by atoms with Crippen molar-refractivity contribution in [1.29, 1.82) is 0 Å². The predicted molar refractivity (Wildman–Crippen MR) is 43.9 cm³/mol. The summed E-state index contributed by atoms with van der Waals surface area (Å²) in [4.78, 5) is 17.0. The fraction of sp³-hybridized carbons (Fsp3) is 0.143. The largest absolute Gasteiger partial charge is 0.524 e. The van der Waals surface area contributed by atoms with E-state index in [1.165, 1.54) is 6.07 Å². The topological polar surface area (TPSA) is 66.8 Å². The highest BCUT2D eigenvalue weighted by molar-refractivity contribution is 7.46. The number of rotatable bonds is 2. The maximum atomic E-state index is 10.4. The summed E-state index contributed by atoms with van der Waals surface area (Å²) in [6, 6.07) is 6.64. The number of para-hydroxylation sites is 1. The van der Waals surface area contributed by atoms with Crippen LogP contribution >= 0.6 is 7.82 Å². The summed E-state index contributed by atoms with van der Waals surface area (Å²) in [5.41, 5.74) is 0.695. The Morgan fingerprint density at radius 1 is 1.33 bits per heavy atom. The molecule has 0 aliphatic heterocycles. The van der Waals surface area contributed by atoms with Gasteiger partial charge in [-0.15, -0.1) is 0 Å². The molecule has 1 aromatic carbocycles. The van der Waals surface area contributed by atoms with E-state index in [0.717, 1.165) is 0 Å². The quantitative estimate of drug-likeness (QED) is 0.689. The SMILES string of the molecule is Cc1ccccc1OP(=O)(O)O. The van der Waals surface area contributed by atoms with Crippen molar-refractivity contribution in [3.8, 4) is 5.75 Å². The van der Waals surface area contributed by atoms with Crippen molar-refractivity contribution >= 4 is 7.82 Å². The molecular weight excluding hydrogens is 179 g/mol. The normalized spacial score (nSPS) is 11.2. The first-order chi connectivity index (χ1) is 5.49. The van der Waals surface area contributed by atoms with Crippen LogP contribution in [0.5, 0.6) is 5.75 Å². The number of benzene rings is 1. The molecule has 0 aliphatic rings. The van der Waals surface area contributed by atoms with Crippen LogP contribution in [-0.2, 0) is 4.57 Å². The van der Waals surface area contributed by atoms with Gasteiger partial charge in [0, 0.05) is 0 Å². The molecule has 0 unspecified atom stereocenters. The molecule has 0 saturated heterocycles. The third-order valence-electron chi connectivity index (χ3n) is 1.31. The molecule has 0 aliphatic carbocycles. The Kier molecular flexibility index (Phi) is 2.52. The molecule has 0 atom stereocenters. The zero-order valence-corrected chi connectivity index (χ0v) is 7.36. The van der Waals surface area contributed by atoms with Crippen molar-refractivity contribution in [2.75, 3.05) is 0 Å². The summed E-state index contributed by atoms with van der Waals surface area (Å²) < 4.78 is 14.8. The second kappa shape index (κ2) is 3.27. The molecular formula is C7H9O4P. The monoisotopic (exact) mass is 188 g/mol. The minimum Gasteiger partial charge on any atom is -0.404 e. The van der Waals surface area contributed by atoms with Crippen molar-refractivity contribution in [3.05, 3.63) is 29.8 Å². The maximum Gasteiger partial charge on any atom is 0.524 e. The summed E-state index contributed by atoms with van der Waals surface area (Å²) in [6.45, 7) is 1.71. The lowest BCUT2D eigenvalue weighted by Crippen LogP contribution is -1.91. The Hall–Kier alpha value is -0.830. The lowest BCUT2D eigenvalue weighted by Gasteiger charge is -2.08. The van der Waals surface area contributed by atoms with Crippen molar-refractivity contribution < 1.29 is 18.9 Å². The lowest BCUT2D eigenvalue weighted by atomic mass is 10.2. The van der Waals surface area contributed by atoms with E-state index in [9.17, 15) is 4.57 Å². The van der Waals surface area contributed by atoms with E-state index in [2.05, 4.69) is 4.52 Å². The van der Waals surface area contributed by atoms with Gasteiger partial charge in [0.1, 0.15) is 5.75 Å². The predicted octanol–water partition coefficient (Wildman–Crippen LogP) is 1.47. The van der Waals surface area contributed by atoms with Crippen molar-refractivity contribution in [2.45, 2.75) is 6.92 Å². The molecule has 0 amide bonds. The average molecular weight is 188 g/mol. The van der Waals surface area contributed by atoms with Crippen LogP contribution in [0.3, 0.4) is 0 Å². The van der Waals surface area contributed by atoms with Crippen molar-refractivity contribution in [1.82, 2.24) is 0 Å². The second-order valence-electron chi connectivity index (χ2n) is 2.35. The lowest BCUT2D eigenvalue weighted by molar-refractivity contribution is 0.282. The third-order valence-corrected chi connectivity index (χ3v) is 1.75. The van der Waals surface area contributed by atoms with Gasteiger partial charge in [-0.25, -0.2) is 4.57 Å². The van der Waals surface area contributed by atoms with E-state index in [0.29, 0.717) is 5.56 Å². The van der Waals surface area contributed by atoms with Gasteiger partial charge in [-0.05, 0) is 18.6 Å². The summed E-state index contributed by atoms with van der Waals surface area (Å²) in [5, 5.41) is 0. The van der Waals surface area contributed by atoms with Crippen molar-refractivity contribution in [3.63, 3.8) is 0 Å². The molecule has 0 aromatic heterocycles. The first-order valence-corrected chi connectivity index (χ1v) is 4.83. The Bertz CT molecular complexity index is 317. The average Bonchev–Trinajstić information content (AvgIpc) is 1.91. The number of hydrogen-bond donors (Lipinski definition) is 2. The number of phosphoric ester groups is 1. The van der Waals surface area contributed by atoms with Gasteiger partial charge in [0.25, 0.3) is 0 Å². The van der Waals surface area contributed by atoms with Gasteiger partial charge in [-0.3, -0.25) is 9.79 Å². The van der Waals surface area contributed by atoms with Crippen molar-refractivity contribution in [2.24, 2.45) is 0 Å². The fourth-order valence-corrected chi connectivity index (χ4v) is 1.25. The highest BCUT2D eigenvalue weighted by Crippen LogP contribution is 2.38. The Morgan fingerprint density at radius 3 is 2.42 bits per heavy atom. The minimum atomic E-state index is -4.41. The maximum absolute atomic E-state index is 10.4. The second-order valence-corrected chi connectivity index (χ2v) is 3.51. The minimum absolute atomic E-state index is 0.214. The molecule has 0 bridgehead atoms. The van der Waals surface area contributed by atoms with Crippen LogP contribution in [0, 0.1) is 6.92 Å². The van der Waals surface area contributed by atoms with E-state index >= 15 is 0 Å². The Labute approximate surface area is 70.0 Å². The third kappa shape index (κ3) is 2.66. The summed E-state index contributed by atoms with van der Waals surface area (Å²) in [6.07, 6.45) is 0. The van der Waals surface area contributed by atoms with Gasteiger partial charge in [0.2, 0.25) is 0 Å². The smallest absolute Gasteiger partial charge is 0.404 e. The Morgan fingerprint density at radius 2 is 1.92 bits per heavy atom. The van der Waals surface area contributed by atoms with Gasteiger partial charge in [-0.2, -0.15) is 0 Å². The Balaban J connectivity index is 2.90. The fourth-order valence-electron chi connectivity index (χ4n) is 0.787. The van der Waals surface area contributed by atoms with E-state index in [-0.39, 0.29) is 5.75 Å². The van der Waals surface area contributed by atoms with E-state index < -0.39 is 7.82 Å². The van der Waals surface area contributed by atoms with Crippen LogP contribution in [-0.4, -0.2) is 9.79 Å². The van der Waals surface area contributed by atoms with Crippen LogP contribution in [0.1, 0.15) is 5.56 Å². The zero-order valence-electron chi connectivity index (χ0n) is 6.47. The highest BCUT2D eigenvalue weighted by atomic mass is 31.2. The highest BCUT2D eigenvalue weighted by Gasteiger charge is 2.16. The molecule has 0 saturated carbocycles. The molecule has 0 spiro atoms. The molecule has 12 heavy (non-hydrogen) atoms. The van der Waals surface area contributed by atoms with E-state index in [4.69, 9.17) is 9.79 Å².